The van der Waals surface area contributed by atoms with Crippen molar-refractivity contribution >= 4 is 34.7 Å². The predicted octanol–water partition coefficient (Wildman–Crippen LogP) is 5.61. The minimum Gasteiger partial charge on any atom is -0.507 e. The van der Waals surface area contributed by atoms with Crippen LogP contribution in [0.1, 0.15) is 28.3 Å². The van der Waals surface area contributed by atoms with Crippen LogP contribution < -0.4 is 19.1 Å². The SMILES string of the molecule is COc1cc(/C(O)=C2\C(=O)C(=O)N(c3cccc(C)c3C)C2c2ccccc2OC)c(OC)cc1Cl. The Morgan fingerprint density at radius 3 is 2.22 bits per heavy atom. The fourth-order valence-electron chi connectivity index (χ4n) is 4.45. The second-order valence-corrected chi connectivity index (χ2v) is 8.72. The molecule has 0 spiro atoms. The van der Waals surface area contributed by atoms with E-state index in [1.165, 1.54) is 38.4 Å². The van der Waals surface area contributed by atoms with Crippen molar-refractivity contribution in [3.8, 4) is 17.2 Å². The van der Waals surface area contributed by atoms with Gasteiger partial charge >= 0.3 is 0 Å². The van der Waals surface area contributed by atoms with E-state index < -0.39 is 23.5 Å². The van der Waals surface area contributed by atoms with Crippen molar-refractivity contribution in [3.05, 3.63) is 87.4 Å². The summed E-state index contributed by atoms with van der Waals surface area (Å²) in [7, 11) is 4.36. The quantitative estimate of drug-likeness (QED) is 0.265. The smallest absolute Gasteiger partial charge is 0.300 e. The third-order valence-corrected chi connectivity index (χ3v) is 6.74. The maximum Gasteiger partial charge on any atom is 0.300 e. The van der Waals surface area contributed by atoms with Gasteiger partial charge in [0.2, 0.25) is 0 Å². The number of para-hydroxylation sites is 1. The summed E-state index contributed by atoms with van der Waals surface area (Å²) in [4.78, 5) is 28.5. The summed E-state index contributed by atoms with van der Waals surface area (Å²) in [5, 5.41) is 11.8. The normalized spacial score (nSPS) is 16.8. The number of hydrogen-bond acceptors (Lipinski definition) is 6. The highest BCUT2D eigenvalue weighted by Crippen LogP contribution is 2.47. The van der Waals surface area contributed by atoms with Gasteiger partial charge in [0.25, 0.3) is 11.7 Å². The Bertz CT molecular complexity index is 1400. The molecule has 1 amide bonds. The lowest BCUT2D eigenvalue weighted by Gasteiger charge is -2.28. The van der Waals surface area contributed by atoms with Crippen LogP contribution >= 0.6 is 11.6 Å². The zero-order valence-electron chi connectivity index (χ0n) is 20.6. The Balaban J connectivity index is 2.07. The molecular formula is C28H26ClNO6. The molecule has 0 bridgehead atoms. The van der Waals surface area contributed by atoms with Crippen LogP contribution in [-0.4, -0.2) is 38.1 Å². The average Bonchev–Trinajstić information content (AvgIpc) is 3.14. The van der Waals surface area contributed by atoms with Crippen LogP contribution in [0.2, 0.25) is 5.02 Å². The molecule has 1 N–H and O–H groups in total. The molecular weight excluding hydrogens is 482 g/mol. The van der Waals surface area contributed by atoms with Gasteiger partial charge in [0.15, 0.2) is 0 Å². The van der Waals surface area contributed by atoms with Gasteiger partial charge in [-0.25, -0.2) is 0 Å². The molecule has 0 radical (unpaired) electrons. The van der Waals surface area contributed by atoms with E-state index in [0.717, 1.165) is 11.1 Å². The first-order chi connectivity index (χ1) is 17.2. The van der Waals surface area contributed by atoms with Gasteiger partial charge < -0.3 is 19.3 Å². The number of hydrogen-bond donors (Lipinski definition) is 1. The van der Waals surface area contributed by atoms with E-state index in [2.05, 4.69) is 0 Å². The van der Waals surface area contributed by atoms with Gasteiger partial charge in [0.1, 0.15) is 23.0 Å². The number of anilines is 1. The third-order valence-electron chi connectivity index (χ3n) is 6.44. The number of aliphatic hydroxyl groups is 1. The Kier molecular flexibility index (Phi) is 6.95. The number of ether oxygens (including phenoxy) is 3. The number of amides is 1. The average molecular weight is 508 g/mol. The van der Waals surface area contributed by atoms with E-state index in [1.54, 1.807) is 30.3 Å². The summed E-state index contributed by atoms with van der Waals surface area (Å²) < 4.78 is 16.3. The summed E-state index contributed by atoms with van der Waals surface area (Å²) >= 11 is 6.25. The molecule has 0 aromatic heterocycles. The standard InChI is InChI=1S/C28H26ClNO6/c1-15-9-8-11-20(16(15)2)30-25(17-10-6-7-12-21(17)34-3)24(27(32)28(30)33)26(31)18-13-23(36-5)19(29)14-22(18)35-4/h6-14,25,31H,1-5H3/b26-24+. The van der Waals surface area contributed by atoms with E-state index in [9.17, 15) is 14.7 Å². The molecule has 1 saturated heterocycles. The van der Waals surface area contributed by atoms with Crippen LogP contribution in [0.15, 0.2) is 60.2 Å². The highest BCUT2D eigenvalue weighted by molar-refractivity contribution is 6.52. The zero-order chi connectivity index (χ0) is 26.1. The molecule has 3 aromatic carbocycles. The fraction of sp³-hybridized carbons (Fsp3) is 0.214. The summed E-state index contributed by atoms with van der Waals surface area (Å²) in [5.74, 6) is -1.05. The van der Waals surface area contributed by atoms with Crippen LogP contribution in [0.5, 0.6) is 17.2 Å². The number of carbonyl (C=O) groups excluding carboxylic acids is 2. The van der Waals surface area contributed by atoms with Gasteiger partial charge in [-0.15, -0.1) is 0 Å². The van der Waals surface area contributed by atoms with E-state index >= 15 is 0 Å². The van der Waals surface area contributed by atoms with Crippen LogP contribution in [-0.2, 0) is 9.59 Å². The summed E-state index contributed by atoms with van der Waals surface area (Å²) in [5.41, 5.74) is 2.96. The van der Waals surface area contributed by atoms with Crippen molar-refractivity contribution in [2.45, 2.75) is 19.9 Å². The topological polar surface area (TPSA) is 85.3 Å². The molecule has 0 aliphatic carbocycles. The highest BCUT2D eigenvalue weighted by atomic mass is 35.5. The molecule has 36 heavy (non-hydrogen) atoms. The number of aliphatic hydroxyl groups excluding tert-OH is 1. The minimum absolute atomic E-state index is 0.104. The third kappa shape index (κ3) is 4.05. The Hall–Kier alpha value is -3.97. The van der Waals surface area contributed by atoms with Gasteiger partial charge in [0.05, 0.1) is 43.5 Å². The molecule has 1 aliphatic heterocycles. The number of halogens is 1. The number of ketones is 1. The molecule has 4 rings (SSSR count). The lowest BCUT2D eigenvalue weighted by Crippen LogP contribution is -2.30. The van der Waals surface area contributed by atoms with Crippen molar-refractivity contribution in [2.75, 3.05) is 26.2 Å². The van der Waals surface area contributed by atoms with E-state index in [0.29, 0.717) is 17.0 Å². The molecule has 186 valence electrons. The van der Waals surface area contributed by atoms with E-state index in [-0.39, 0.29) is 27.7 Å². The molecule has 1 heterocycles. The van der Waals surface area contributed by atoms with E-state index in [4.69, 9.17) is 25.8 Å². The second kappa shape index (κ2) is 9.95. The molecule has 1 fully saturated rings. The van der Waals surface area contributed by atoms with Crippen molar-refractivity contribution in [1.29, 1.82) is 0 Å². The van der Waals surface area contributed by atoms with Crippen molar-refractivity contribution in [3.63, 3.8) is 0 Å². The predicted molar refractivity (Wildman–Crippen MR) is 138 cm³/mol. The number of nitrogens with zero attached hydrogens (tertiary/aromatic N) is 1. The van der Waals surface area contributed by atoms with Gasteiger partial charge in [-0.1, -0.05) is 41.9 Å². The molecule has 1 unspecified atom stereocenters. The highest BCUT2D eigenvalue weighted by Gasteiger charge is 2.48. The molecule has 3 aromatic rings. The minimum atomic E-state index is -0.965. The largest absolute Gasteiger partial charge is 0.507 e. The number of rotatable bonds is 6. The fourth-order valence-corrected chi connectivity index (χ4v) is 4.69. The first-order valence-electron chi connectivity index (χ1n) is 11.2. The number of benzene rings is 3. The maximum absolute atomic E-state index is 13.6. The summed E-state index contributed by atoms with van der Waals surface area (Å²) in [6.07, 6.45) is 0. The zero-order valence-corrected chi connectivity index (χ0v) is 21.3. The molecule has 7 nitrogen and oxygen atoms in total. The molecule has 8 heteroatoms. The van der Waals surface area contributed by atoms with Gasteiger partial charge in [-0.3, -0.25) is 14.5 Å². The summed E-state index contributed by atoms with van der Waals surface area (Å²) in [6.45, 7) is 3.81. The van der Waals surface area contributed by atoms with Crippen LogP contribution in [0.25, 0.3) is 5.76 Å². The lowest BCUT2D eigenvalue weighted by molar-refractivity contribution is -0.132. The van der Waals surface area contributed by atoms with Gasteiger partial charge in [-0.05, 0) is 43.2 Å². The van der Waals surface area contributed by atoms with Crippen molar-refractivity contribution in [1.82, 2.24) is 0 Å². The first-order valence-corrected chi connectivity index (χ1v) is 11.5. The van der Waals surface area contributed by atoms with Crippen LogP contribution in [0.3, 0.4) is 0 Å². The first kappa shape index (κ1) is 25.1. The Morgan fingerprint density at radius 2 is 1.56 bits per heavy atom. The van der Waals surface area contributed by atoms with Crippen LogP contribution in [0.4, 0.5) is 5.69 Å². The van der Waals surface area contributed by atoms with Crippen LogP contribution in [0, 0.1) is 13.8 Å². The molecule has 1 atom stereocenters. The lowest BCUT2D eigenvalue weighted by atomic mass is 9.93. The number of aryl methyl sites for hydroxylation is 1. The Labute approximate surface area is 214 Å². The second-order valence-electron chi connectivity index (χ2n) is 8.32. The number of methoxy groups -OCH3 is 3. The van der Waals surface area contributed by atoms with E-state index in [1.807, 2.05) is 26.0 Å². The molecule has 1 aliphatic rings. The van der Waals surface area contributed by atoms with Gasteiger partial charge in [-0.2, -0.15) is 0 Å². The molecule has 0 saturated carbocycles. The Morgan fingerprint density at radius 1 is 0.889 bits per heavy atom. The van der Waals surface area contributed by atoms with Crippen molar-refractivity contribution < 1.29 is 28.9 Å². The number of Topliss-reactive ketones (excluding diaryl/α,β-unsaturated/α-hetero) is 1. The van der Waals surface area contributed by atoms with Crippen molar-refractivity contribution in [2.24, 2.45) is 0 Å². The maximum atomic E-state index is 13.6. The monoisotopic (exact) mass is 507 g/mol. The van der Waals surface area contributed by atoms with Gasteiger partial charge in [0, 0.05) is 17.3 Å². The summed E-state index contributed by atoms with van der Waals surface area (Å²) in [6, 6.07) is 14.6. The number of carbonyl (C=O) groups is 2.